The minimum atomic E-state index is 0.343. The second-order valence-electron chi connectivity index (χ2n) is 2.58. The molecule has 0 atom stereocenters. The van der Waals surface area contributed by atoms with E-state index in [1.54, 1.807) is 4.90 Å². The van der Waals surface area contributed by atoms with Gasteiger partial charge in [-0.05, 0) is 0 Å². The largest absolute Gasteiger partial charge is 0.357 e. The first-order chi connectivity index (χ1) is 5.24. The van der Waals surface area contributed by atoms with Gasteiger partial charge in [0.2, 0.25) is 6.41 Å². The first-order valence-electron chi connectivity index (χ1n) is 3.59. The molecule has 1 saturated heterocycles. The molecule has 1 aliphatic heterocycles. The van der Waals surface area contributed by atoms with Crippen molar-refractivity contribution in [1.29, 1.82) is 5.41 Å². The molecule has 0 unspecified atom stereocenters. The maximum absolute atomic E-state index is 10.3. The highest BCUT2D eigenvalue weighted by Crippen LogP contribution is 1.98. The van der Waals surface area contributed by atoms with E-state index in [9.17, 15) is 4.79 Å². The van der Waals surface area contributed by atoms with Gasteiger partial charge >= 0.3 is 0 Å². The summed E-state index contributed by atoms with van der Waals surface area (Å²) in [4.78, 5) is 13.8. The van der Waals surface area contributed by atoms with E-state index in [1.807, 2.05) is 4.90 Å². The zero-order valence-corrected chi connectivity index (χ0v) is 6.42. The third-order valence-electron chi connectivity index (χ3n) is 1.85. The van der Waals surface area contributed by atoms with Crippen LogP contribution in [0.15, 0.2) is 0 Å². The van der Waals surface area contributed by atoms with Crippen LogP contribution in [0.5, 0.6) is 0 Å². The molecule has 0 aromatic carbocycles. The van der Waals surface area contributed by atoms with E-state index in [0.29, 0.717) is 18.9 Å². The van der Waals surface area contributed by atoms with E-state index < -0.39 is 0 Å². The highest BCUT2D eigenvalue weighted by Gasteiger charge is 2.14. The summed E-state index contributed by atoms with van der Waals surface area (Å²) >= 11 is 0. The zero-order valence-electron chi connectivity index (χ0n) is 6.42. The second-order valence-corrected chi connectivity index (χ2v) is 2.58. The van der Waals surface area contributed by atoms with Crippen LogP contribution in [0, 0.1) is 12.3 Å². The fourth-order valence-corrected chi connectivity index (χ4v) is 1.10. The van der Waals surface area contributed by atoms with Crippen LogP contribution in [0.3, 0.4) is 0 Å². The topological polar surface area (TPSA) is 47.4 Å². The molecule has 1 radical (unpaired) electrons. The Labute approximate surface area is 66.3 Å². The van der Waals surface area contributed by atoms with Gasteiger partial charge in [-0.15, -0.1) is 0 Å². The van der Waals surface area contributed by atoms with Gasteiger partial charge in [0.05, 0.1) is 5.84 Å². The predicted octanol–water partition coefficient (Wildman–Crippen LogP) is -0.428. The van der Waals surface area contributed by atoms with Crippen molar-refractivity contribution >= 4 is 12.2 Å². The molecule has 4 heteroatoms. The molecule has 1 fully saturated rings. The second kappa shape index (κ2) is 3.37. The number of amides is 1. The van der Waals surface area contributed by atoms with Crippen molar-refractivity contribution in [2.75, 3.05) is 26.2 Å². The van der Waals surface area contributed by atoms with Crippen molar-refractivity contribution in [3.05, 3.63) is 6.92 Å². The molecule has 61 valence electrons. The fraction of sp³-hybridized carbons (Fsp3) is 0.571. The Bertz CT molecular complexity index is 161. The van der Waals surface area contributed by atoms with Crippen LogP contribution in [0.4, 0.5) is 0 Å². The number of amidine groups is 1. The molecule has 0 bridgehead atoms. The smallest absolute Gasteiger partial charge is 0.209 e. The Morgan fingerprint density at radius 2 is 1.91 bits per heavy atom. The van der Waals surface area contributed by atoms with Crippen LogP contribution in [-0.4, -0.2) is 48.2 Å². The van der Waals surface area contributed by atoms with E-state index in [-0.39, 0.29) is 0 Å². The molecule has 0 spiro atoms. The van der Waals surface area contributed by atoms with Crippen LogP contribution < -0.4 is 0 Å². The molecule has 0 aromatic rings. The molecule has 1 amide bonds. The van der Waals surface area contributed by atoms with E-state index in [2.05, 4.69) is 6.92 Å². The van der Waals surface area contributed by atoms with Gasteiger partial charge in [-0.25, -0.2) is 0 Å². The number of rotatable bonds is 1. The summed E-state index contributed by atoms with van der Waals surface area (Å²) < 4.78 is 0. The minimum Gasteiger partial charge on any atom is -0.357 e. The van der Waals surface area contributed by atoms with Crippen LogP contribution in [0.25, 0.3) is 0 Å². The average molecular weight is 154 g/mol. The third-order valence-corrected chi connectivity index (χ3v) is 1.85. The molecule has 1 N–H and O–H groups in total. The number of carbonyl (C=O) groups excluding carboxylic acids is 1. The van der Waals surface area contributed by atoms with Crippen molar-refractivity contribution in [3.63, 3.8) is 0 Å². The number of carbonyl (C=O) groups is 1. The third kappa shape index (κ3) is 1.93. The summed E-state index contributed by atoms with van der Waals surface area (Å²) in [5, 5.41) is 7.22. The van der Waals surface area contributed by atoms with Crippen LogP contribution in [0.2, 0.25) is 0 Å². The van der Waals surface area contributed by atoms with Gasteiger partial charge in [0, 0.05) is 33.1 Å². The van der Waals surface area contributed by atoms with Crippen molar-refractivity contribution < 1.29 is 4.79 Å². The number of piperazine rings is 1. The summed E-state index contributed by atoms with van der Waals surface area (Å²) in [5.41, 5.74) is 0. The van der Waals surface area contributed by atoms with Crippen molar-refractivity contribution in [3.8, 4) is 0 Å². The molecular formula is C7H12N3O. The highest BCUT2D eigenvalue weighted by atomic mass is 16.1. The highest BCUT2D eigenvalue weighted by molar-refractivity contribution is 5.83. The molecule has 1 heterocycles. The van der Waals surface area contributed by atoms with Gasteiger partial charge < -0.3 is 9.80 Å². The monoisotopic (exact) mass is 154 g/mol. The standard InChI is InChI=1S/C7H12N3O/c1-7(8)10-4-2-9(6-11)3-5-10/h6,8H,1-5H2. The average Bonchev–Trinajstić information content (AvgIpc) is 2.05. The molecule has 11 heavy (non-hydrogen) atoms. The van der Waals surface area contributed by atoms with E-state index in [4.69, 9.17) is 5.41 Å². The quantitative estimate of drug-likeness (QED) is 0.316. The summed E-state index contributed by atoms with van der Waals surface area (Å²) in [7, 11) is 0. The molecule has 1 aliphatic rings. The fourth-order valence-electron chi connectivity index (χ4n) is 1.10. The maximum Gasteiger partial charge on any atom is 0.209 e. The van der Waals surface area contributed by atoms with Gasteiger partial charge in [-0.2, -0.15) is 0 Å². The molecular weight excluding hydrogens is 142 g/mol. The van der Waals surface area contributed by atoms with Crippen LogP contribution in [0.1, 0.15) is 0 Å². The van der Waals surface area contributed by atoms with Gasteiger partial charge in [0.25, 0.3) is 0 Å². The summed E-state index contributed by atoms with van der Waals surface area (Å²) in [6.45, 7) is 6.41. The van der Waals surface area contributed by atoms with Gasteiger partial charge in [0.15, 0.2) is 0 Å². The molecule has 0 saturated carbocycles. The summed E-state index contributed by atoms with van der Waals surface area (Å²) in [6, 6.07) is 0. The molecule has 0 aromatic heterocycles. The van der Waals surface area contributed by atoms with Crippen LogP contribution in [-0.2, 0) is 4.79 Å². The van der Waals surface area contributed by atoms with Crippen molar-refractivity contribution in [2.24, 2.45) is 0 Å². The Morgan fingerprint density at radius 1 is 1.36 bits per heavy atom. The van der Waals surface area contributed by atoms with Crippen molar-refractivity contribution in [2.45, 2.75) is 0 Å². The lowest BCUT2D eigenvalue weighted by atomic mass is 10.3. The first-order valence-corrected chi connectivity index (χ1v) is 3.59. The predicted molar refractivity (Wildman–Crippen MR) is 42.3 cm³/mol. The molecule has 0 aliphatic carbocycles. The van der Waals surface area contributed by atoms with Gasteiger partial charge in [0.1, 0.15) is 0 Å². The normalized spacial score (nSPS) is 18.3. The first kappa shape index (κ1) is 8.04. The zero-order chi connectivity index (χ0) is 8.27. The number of hydrogen-bond donors (Lipinski definition) is 1. The minimum absolute atomic E-state index is 0.343. The summed E-state index contributed by atoms with van der Waals surface area (Å²) in [5.74, 6) is 0.343. The summed E-state index contributed by atoms with van der Waals surface area (Å²) in [6.07, 6.45) is 0.851. The molecule has 1 rings (SSSR count). The lowest BCUT2D eigenvalue weighted by molar-refractivity contribution is -0.119. The van der Waals surface area contributed by atoms with Crippen LogP contribution >= 0.6 is 0 Å². The van der Waals surface area contributed by atoms with Gasteiger partial charge in [-0.1, -0.05) is 0 Å². The molecule has 4 nitrogen and oxygen atoms in total. The Balaban J connectivity index is 2.35. The lowest BCUT2D eigenvalue weighted by Gasteiger charge is -2.33. The lowest BCUT2D eigenvalue weighted by Crippen LogP contribution is -2.47. The SMILES string of the molecule is [CH2]C(=N)N1CCN(C=O)CC1. The van der Waals surface area contributed by atoms with E-state index >= 15 is 0 Å². The van der Waals surface area contributed by atoms with E-state index in [0.717, 1.165) is 19.5 Å². The number of hydrogen-bond acceptors (Lipinski definition) is 2. The van der Waals surface area contributed by atoms with E-state index in [1.165, 1.54) is 0 Å². The Morgan fingerprint density at radius 3 is 2.27 bits per heavy atom. The number of nitrogens with zero attached hydrogens (tertiary/aromatic N) is 2. The Kier molecular flexibility index (Phi) is 2.46. The van der Waals surface area contributed by atoms with Gasteiger partial charge in [-0.3, -0.25) is 10.2 Å². The Hall–Kier alpha value is -1.06. The number of nitrogens with one attached hydrogen (secondary N) is 1. The maximum atomic E-state index is 10.3. The van der Waals surface area contributed by atoms with Crippen molar-refractivity contribution in [1.82, 2.24) is 9.80 Å².